The average molecular weight is 1030 g/mol. The summed E-state index contributed by atoms with van der Waals surface area (Å²) in [6.45, 7) is 10.2. The van der Waals surface area contributed by atoms with Crippen molar-refractivity contribution in [3.63, 3.8) is 0 Å². The lowest BCUT2D eigenvalue weighted by atomic mass is 10.1. The molecule has 0 heterocycles. The number of hydrogen-bond acceptors (Lipinski definition) is 6. The van der Waals surface area contributed by atoms with Crippen LogP contribution in [-0.4, -0.2) is 38.1 Å². The summed E-state index contributed by atoms with van der Waals surface area (Å²) in [7, 11) is 0. The molecule has 0 fully saturated rings. The standard InChI is InChI=1S/C69H104O6/c1-4-7-10-13-16-19-22-25-29-36-57-73-67-54-47-63(68(74-58-37-30-26-23-20-17-14-11-8-5-2)69(67)75-59-38-31-27-24-21-18-15-12-9-6-3)42-39-60-40-50-65(51-41-60)71-55-34-32-28-33-35-56-72-66-52-45-62(46-53-66)61-43-48-64(70)49-44-61/h40-41,43-54,70H,4-38,55-59H2,1-3H3. The quantitative estimate of drug-likeness (QED) is 0.0351. The molecule has 0 atom stereocenters. The molecule has 0 aliphatic heterocycles. The van der Waals surface area contributed by atoms with Gasteiger partial charge in [-0.15, -0.1) is 0 Å². The van der Waals surface area contributed by atoms with Gasteiger partial charge in [-0.3, -0.25) is 0 Å². The van der Waals surface area contributed by atoms with Crippen molar-refractivity contribution < 1.29 is 28.8 Å². The van der Waals surface area contributed by atoms with Crippen LogP contribution in [0.4, 0.5) is 0 Å². The van der Waals surface area contributed by atoms with Crippen molar-refractivity contribution in [2.24, 2.45) is 0 Å². The first-order valence-electron chi connectivity index (χ1n) is 30.9. The van der Waals surface area contributed by atoms with E-state index in [9.17, 15) is 5.11 Å². The summed E-state index contributed by atoms with van der Waals surface area (Å²) in [4.78, 5) is 0. The third kappa shape index (κ3) is 29.9. The van der Waals surface area contributed by atoms with Crippen LogP contribution in [0.1, 0.15) is 257 Å². The fourth-order valence-electron chi connectivity index (χ4n) is 9.62. The fraction of sp³-hybridized carbons (Fsp3) is 0.623. The van der Waals surface area contributed by atoms with E-state index in [4.69, 9.17) is 23.7 Å². The van der Waals surface area contributed by atoms with Crippen LogP contribution in [0.2, 0.25) is 0 Å². The van der Waals surface area contributed by atoms with Crippen LogP contribution < -0.4 is 23.7 Å². The second-order valence-corrected chi connectivity index (χ2v) is 21.2. The normalized spacial score (nSPS) is 11.1. The molecule has 0 bridgehead atoms. The zero-order chi connectivity index (χ0) is 52.9. The fourth-order valence-corrected chi connectivity index (χ4v) is 9.62. The van der Waals surface area contributed by atoms with Crippen molar-refractivity contribution in [2.45, 2.75) is 245 Å². The highest BCUT2D eigenvalue weighted by atomic mass is 16.5. The van der Waals surface area contributed by atoms with Gasteiger partial charge in [0.05, 0.1) is 38.6 Å². The lowest BCUT2D eigenvalue weighted by Crippen LogP contribution is -2.07. The summed E-state index contributed by atoms with van der Waals surface area (Å²) in [6, 6.07) is 27.8. The Labute approximate surface area is 458 Å². The lowest BCUT2D eigenvalue weighted by molar-refractivity contribution is 0.234. The molecule has 0 saturated heterocycles. The van der Waals surface area contributed by atoms with E-state index in [-0.39, 0.29) is 5.75 Å². The topological polar surface area (TPSA) is 66.4 Å². The average Bonchev–Trinajstić information content (AvgIpc) is 3.43. The Kier molecular flexibility index (Phi) is 36.3. The van der Waals surface area contributed by atoms with Crippen LogP contribution in [0, 0.1) is 11.8 Å². The molecule has 0 radical (unpaired) electrons. The van der Waals surface area contributed by atoms with Crippen molar-refractivity contribution in [3.05, 3.63) is 96.1 Å². The first-order valence-corrected chi connectivity index (χ1v) is 30.9. The van der Waals surface area contributed by atoms with Crippen molar-refractivity contribution in [3.8, 4) is 57.5 Å². The summed E-state index contributed by atoms with van der Waals surface area (Å²) in [6.07, 6.45) is 44.3. The van der Waals surface area contributed by atoms with Crippen LogP contribution in [0.15, 0.2) is 84.9 Å². The number of phenols is 1. The van der Waals surface area contributed by atoms with Gasteiger partial charge in [0.2, 0.25) is 5.75 Å². The second kappa shape index (κ2) is 43.4. The maximum Gasteiger partial charge on any atom is 0.204 e. The predicted octanol–water partition coefficient (Wildman–Crippen LogP) is 20.8. The molecule has 75 heavy (non-hydrogen) atoms. The van der Waals surface area contributed by atoms with Crippen molar-refractivity contribution in [1.82, 2.24) is 0 Å². The van der Waals surface area contributed by atoms with E-state index in [2.05, 4.69) is 69.0 Å². The summed E-state index contributed by atoms with van der Waals surface area (Å²) in [5.74, 6) is 11.2. The Morgan fingerprint density at radius 1 is 0.293 bits per heavy atom. The second-order valence-electron chi connectivity index (χ2n) is 21.2. The molecule has 0 aliphatic carbocycles. The monoisotopic (exact) mass is 1030 g/mol. The van der Waals surface area contributed by atoms with Crippen molar-refractivity contribution in [1.29, 1.82) is 0 Å². The first-order chi connectivity index (χ1) is 37.1. The minimum absolute atomic E-state index is 0.278. The molecule has 0 unspecified atom stereocenters. The Hall–Kier alpha value is -4.76. The van der Waals surface area contributed by atoms with Crippen molar-refractivity contribution in [2.75, 3.05) is 33.0 Å². The van der Waals surface area contributed by atoms with Gasteiger partial charge >= 0.3 is 0 Å². The third-order valence-electron chi connectivity index (χ3n) is 14.4. The Morgan fingerprint density at radius 2 is 0.613 bits per heavy atom. The number of aromatic hydroxyl groups is 1. The highest BCUT2D eigenvalue weighted by Gasteiger charge is 2.18. The lowest BCUT2D eigenvalue weighted by Gasteiger charge is -2.19. The molecule has 4 aromatic carbocycles. The van der Waals surface area contributed by atoms with E-state index in [0.717, 1.165) is 102 Å². The highest BCUT2D eigenvalue weighted by Crippen LogP contribution is 2.41. The first kappa shape index (κ1) is 62.8. The Balaban J connectivity index is 1.29. The van der Waals surface area contributed by atoms with Gasteiger partial charge in [0.1, 0.15) is 17.2 Å². The van der Waals surface area contributed by atoms with Crippen LogP contribution in [0.5, 0.6) is 34.5 Å². The number of ether oxygens (including phenoxy) is 5. The molecule has 4 rings (SSSR count). The Morgan fingerprint density at radius 3 is 1.01 bits per heavy atom. The molecular weight excluding hydrogens is 925 g/mol. The molecule has 0 spiro atoms. The van der Waals surface area contributed by atoms with Gasteiger partial charge in [0, 0.05) is 5.56 Å². The van der Waals surface area contributed by atoms with E-state index >= 15 is 0 Å². The van der Waals surface area contributed by atoms with E-state index in [1.807, 2.05) is 36.4 Å². The maximum absolute atomic E-state index is 9.57. The number of rotatable bonds is 47. The highest BCUT2D eigenvalue weighted by molar-refractivity contribution is 5.65. The SMILES string of the molecule is CCCCCCCCCCCCOc1ccc(C#Cc2ccc(OCCCCCCCOc3ccc(-c4ccc(O)cc4)cc3)cc2)c(OCCCCCCCCCCCC)c1OCCCCCCCCCCCC. The summed E-state index contributed by atoms with van der Waals surface area (Å²) in [5, 5.41) is 9.57. The largest absolute Gasteiger partial charge is 0.508 e. The van der Waals surface area contributed by atoms with Gasteiger partial charge in [-0.2, -0.15) is 0 Å². The number of phenolic OH excluding ortho intramolecular Hbond substituents is 1. The van der Waals surface area contributed by atoms with E-state index in [1.54, 1.807) is 12.1 Å². The molecule has 6 nitrogen and oxygen atoms in total. The third-order valence-corrected chi connectivity index (χ3v) is 14.4. The smallest absolute Gasteiger partial charge is 0.204 e. The predicted molar refractivity (Wildman–Crippen MR) is 318 cm³/mol. The number of hydrogen-bond donors (Lipinski definition) is 1. The molecule has 0 saturated carbocycles. The van der Waals surface area contributed by atoms with Gasteiger partial charge in [-0.05, 0) is 104 Å². The van der Waals surface area contributed by atoms with E-state index in [0.29, 0.717) is 33.0 Å². The molecular formula is C69H104O6. The van der Waals surface area contributed by atoms with Gasteiger partial charge in [0.15, 0.2) is 11.5 Å². The molecule has 0 aliphatic rings. The minimum Gasteiger partial charge on any atom is -0.508 e. The zero-order valence-corrected chi connectivity index (χ0v) is 47.9. The van der Waals surface area contributed by atoms with Gasteiger partial charge < -0.3 is 28.8 Å². The van der Waals surface area contributed by atoms with Crippen LogP contribution >= 0.6 is 0 Å². The molecule has 0 amide bonds. The minimum atomic E-state index is 0.278. The molecule has 4 aromatic rings. The molecule has 1 N–H and O–H groups in total. The number of benzene rings is 4. The zero-order valence-electron chi connectivity index (χ0n) is 47.9. The van der Waals surface area contributed by atoms with Crippen LogP contribution in [0.25, 0.3) is 11.1 Å². The molecule has 0 aromatic heterocycles. The van der Waals surface area contributed by atoms with Gasteiger partial charge in [-0.25, -0.2) is 0 Å². The van der Waals surface area contributed by atoms with E-state index < -0.39 is 0 Å². The summed E-state index contributed by atoms with van der Waals surface area (Å²) < 4.78 is 32.2. The summed E-state index contributed by atoms with van der Waals surface area (Å²) in [5.41, 5.74) is 3.97. The van der Waals surface area contributed by atoms with Gasteiger partial charge in [-0.1, -0.05) is 250 Å². The van der Waals surface area contributed by atoms with E-state index in [1.165, 1.54) is 173 Å². The van der Waals surface area contributed by atoms with Crippen molar-refractivity contribution >= 4 is 0 Å². The number of unbranched alkanes of at least 4 members (excludes halogenated alkanes) is 31. The van der Waals surface area contributed by atoms with Crippen LogP contribution in [-0.2, 0) is 0 Å². The molecule has 6 heteroatoms. The Bertz CT molecular complexity index is 2010. The van der Waals surface area contributed by atoms with Crippen LogP contribution in [0.3, 0.4) is 0 Å². The maximum atomic E-state index is 9.57. The molecule has 416 valence electrons. The summed E-state index contributed by atoms with van der Waals surface area (Å²) >= 11 is 0. The van der Waals surface area contributed by atoms with Gasteiger partial charge in [0.25, 0.3) is 0 Å².